The first-order valence-electron chi connectivity index (χ1n) is 4.02. The van der Waals surface area contributed by atoms with Gasteiger partial charge in [0.15, 0.2) is 0 Å². The van der Waals surface area contributed by atoms with Gasteiger partial charge in [0.1, 0.15) is 0 Å². The van der Waals surface area contributed by atoms with E-state index in [9.17, 15) is 5.11 Å². The Morgan fingerprint density at radius 1 is 1.20 bits per heavy atom. The Bertz CT molecular complexity index is 93.4. The van der Waals surface area contributed by atoms with Crippen LogP contribution in [0.2, 0.25) is 0 Å². The molecule has 2 heteroatoms. The topological polar surface area (TPSA) is 20.2 Å². The molecule has 0 radical (unpaired) electrons. The van der Waals surface area contributed by atoms with E-state index in [0.717, 1.165) is 25.2 Å². The zero-order valence-electron chi connectivity index (χ0n) is 6.39. The molecule has 1 aliphatic rings. The van der Waals surface area contributed by atoms with E-state index in [0.29, 0.717) is 0 Å². The molecular formula is C8H15ClO. The minimum Gasteiger partial charge on any atom is -0.392 e. The summed E-state index contributed by atoms with van der Waals surface area (Å²) in [7, 11) is 0. The van der Waals surface area contributed by atoms with Crippen LogP contribution in [-0.4, -0.2) is 16.6 Å². The third-order valence-electron chi connectivity index (χ3n) is 2.31. The maximum absolute atomic E-state index is 9.34. The average Bonchev–Trinajstić information content (AvgIpc) is 2.04. The van der Waals surface area contributed by atoms with Gasteiger partial charge in [0, 0.05) is 0 Å². The van der Waals surface area contributed by atoms with Crippen molar-refractivity contribution in [3.8, 4) is 0 Å². The first-order chi connectivity index (χ1) is 4.70. The lowest BCUT2D eigenvalue weighted by molar-refractivity contribution is 0.160. The summed E-state index contributed by atoms with van der Waals surface area (Å²) in [6, 6.07) is 0. The second kappa shape index (κ2) is 3.59. The van der Waals surface area contributed by atoms with Crippen molar-refractivity contribution in [2.75, 3.05) is 0 Å². The van der Waals surface area contributed by atoms with Gasteiger partial charge in [0.05, 0.1) is 11.5 Å². The molecule has 1 aliphatic carbocycles. The number of hydrogen-bond donors (Lipinski definition) is 1. The lowest BCUT2D eigenvalue weighted by Gasteiger charge is -2.11. The van der Waals surface area contributed by atoms with E-state index in [1.165, 1.54) is 6.42 Å². The van der Waals surface area contributed by atoms with Crippen molar-refractivity contribution >= 4 is 11.6 Å². The molecule has 0 aromatic rings. The number of rotatable bonds is 0. The summed E-state index contributed by atoms with van der Waals surface area (Å²) in [5, 5.41) is 9.35. The van der Waals surface area contributed by atoms with Gasteiger partial charge < -0.3 is 5.11 Å². The lowest BCUT2D eigenvalue weighted by atomic mass is 10.0. The van der Waals surface area contributed by atoms with Gasteiger partial charge in [-0.3, -0.25) is 0 Å². The summed E-state index contributed by atoms with van der Waals surface area (Å²) in [5.41, 5.74) is 0. The van der Waals surface area contributed by atoms with Crippen molar-refractivity contribution in [2.24, 2.45) is 5.92 Å². The fourth-order valence-corrected chi connectivity index (χ4v) is 1.67. The lowest BCUT2D eigenvalue weighted by Crippen LogP contribution is -2.18. The summed E-state index contributed by atoms with van der Waals surface area (Å²) in [5.74, 6) is 0.749. The highest BCUT2D eigenvalue weighted by molar-refractivity contribution is 6.21. The third-order valence-corrected chi connectivity index (χ3v) is 2.82. The molecule has 1 N–H and O–H groups in total. The van der Waals surface area contributed by atoms with Gasteiger partial charge in [-0.2, -0.15) is 0 Å². The van der Waals surface area contributed by atoms with Crippen molar-refractivity contribution < 1.29 is 5.11 Å². The first kappa shape index (κ1) is 8.35. The van der Waals surface area contributed by atoms with Crippen LogP contribution in [-0.2, 0) is 0 Å². The number of halogens is 1. The van der Waals surface area contributed by atoms with Crippen molar-refractivity contribution in [3.63, 3.8) is 0 Å². The summed E-state index contributed by atoms with van der Waals surface area (Å²) < 4.78 is 0. The largest absolute Gasteiger partial charge is 0.392 e. The smallest absolute Gasteiger partial charge is 0.0703 e. The zero-order chi connectivity index (χ0) is 7.56. The molecule has 0 aliphatic heterocycles. The van der Waals surface area contributed by atoms with Gasteiger partial charge in [-0.05, 0) is 31.6 Å². The van der Waals surface area contributed by atoms with E-state index >= 15 is 0 Å². The summed E-state index contributed by atoms with van der Waals surface area (Å²) in [6.45, 7) is 2.22. The molecular weight excluding hydrogens is 148 g/mol. The van der Waals surface area contributed by atoms with Gasteiger partial charge in [0.25, 0.3) is 0 Å². The Labute approximate surface area is 67.4 Å². The highest BCUT2D eigenvalue weighted by atomic mass is 35.5. The fourth-order valence-electron chi connectivity index (χ4n) is 1.42. The van der Waals surface area contributed by atoms with E-state index < -0.39 is 0 Å². The molecule has 1 rings (SSSR count). The van der Waals surface area contributed by atoms with Crippen LogP contribution in [0.25, 0.3) is 0 Å². The van der Waals surface area contributed by atoms with Crippen LogP contribution in [0.15, 0.2) is 0 Å². The quantitative estimate of drug-likeness (QED) is 0.428. The molecule has 0 bridgehead atoms. The number of aliphatic hydroxyl groups excluding tert-OH is 1. The summed E-state index contributed by atoms with van der Waals surface area (Å²) >= 11 is 5.89. The SMILES string of the molecule is C[C@@H]1CC[C@@H](Cl)[C@@H](O)CC1. The zero-order valence-corrected chi connectivity index (χ0v) is 7.14. The standard InChI is InChI=1S/C8H15ClO/c1-6-2-4-7(9)8(10)5-3-6/h6-8,10H,2-5H2,1H3/t6-,7-,8+/m1/s1. The second-order valence-electron chi connectivity index (χ2n) is 3.34. The Morgan fingerprint density at radius 2 is 1.80 bits per heavy atom. The molecule has 1 fully saturated rings. The van der Waals surface area contributed by atoms with Crippen LogP contribution >= 0.6 is 11.6 Å². The van der Waals surface area contributed by atoms with Crippen LogP contribution in [0.3, 0.4) is 0 Å². The Hall–Kier alpha value is 0.250. The van der Waals surface area contributed by atoms with E-state index in [1.807, 2.05) is 0 Å². The molecule has 3 atom stereocenters. The van der Waals surface area contributed by atoms with E-state index in [-0.39, 0.29) is 11.5 Å². The minimum absolute atomic E-state index is 0.00458. The van der Waals surface area contributed by atoms with Crippen molar-refractivity contribution in [3.05, 3.63) is 0 Å². The van der Waals surface area contributed by atoms with Gasteiger partial charge in [-0.1, -0.05) is 6.92 Å². The highest BCUT2D eigenvalue weighted by Gasteiger charge is 2.21. The molecule has 1 saturated carbocycles. The molecule has 0 spiro atoms. The van der Waals surface area contributed by atoms with E-state index in [2.05, 4.69) is 6.92 Å². The Morgan fingerprint density at radius 3 is 2.50 bits per heavy atom. The predicted octanol–water partition coefficient (Wildman–Crippen LogP) is 2.16. The highest BCUT2D eigenvalue weighted by Crippen LogP contribution is 2.25. The molecule has 0 aromatic carbocycles. The normalized spacial score (nSPS) is 42.9. The Balaban J connectivity index is 2.38. The van der Waals surface area contributed by atoms with Crippen LogP contribution in [0, 0.1) is 5.92 Å². The molecule has 0 unspecified atom stereocenters. The van der Waals surface area contributed by atoms with E-state index in [4.69, 9.17) is 11.6 Å². The summed E-state index contributed by atoms with van der Waals surface area (Å²) in [6.07, 6.45) is 3.90. The Kier molecular flexibility index (Phi) is 2.99. The third kappa shape index (κ3) is 2.14. The molecule has 0 heterocycles. The van der Waals surface area contributed by atoms with Crippen LogP contribution in [0.1, 0.15) is 32.6 Å². The van der Waals surface area contributed by atoms with Gasteiger partial charge in [-0.25, -0.2) is 0 Å². The molecule has 0 amide bonds. The van der Waals surface area contributed by atoms with Crippen molar-refractivity contribution in [2.45, 2.75) is 44.1 Å². The maximum atomic E-state index is 9.34. The number of aliphatic hydroxyl groups is 1. The molecule has 60 valence electrons. The number of hydrogen-bond acceptors (Lipinski definition) is 1. The monoisotopic (exact) mass is 162 g/mol. The molecule has 1 nitrogen and oxygen atoms in total. The van der Waals surface area contributed by atoms with Gasteiger partial charge in [-0.15, -0.1) is 11.6 Å². The first-order valence-corrected chi connectivity index (χ1v) is 4.46. The van der Waals surface area contributed by atoms with Crippen LogP contribution in [0.5, 0.6) is 0 Å². The van der Waals surface area contributed by atoms with E-state index in [1.54, 1.807) is 0 Å². The maximum Gasteiger partial charge on any atom is 0.0703 e. The van der Waals surface area contributed by atoms with Crippen LogP contribution < -0.4 is 0 Å². The van der Waals surface area contributed by atoms with Crippen molar-refractivity contribution in [1.82, 2.24) is 0 Å². The predicted molar refractivity (Wildman–Crippen MR) is 43.3 cm³/mol. The van der Waals surface area contributed by atoms with Crippen LogP contribution in [0.4, 0.5) is 0 Å². The average molecular weight is 163 g/mol. The van der Waals surface area contributed by atoms with Gasteiger partial charge in [0.2, 0.25) is 0 Å². The second-order valence-corrected chi connectivity index (χ2v) is 3.90. The molecule has 10 heavy (non-hydrogen) atoms. The molecule has 0 aromatic heterocycles. The summed E-state index contributed by atoms with van der Waals surface area (Å²) in [4.78, 5) is 0. The fraction of sp³-hybridized carbons (Fsp3) is 1.00. The van der Waals surface area contributed by atoms with Gasteiger partial charge >= 0.3 is 0 Å². The molecule has 0 saturated heterocycles. The van der Waals surface area contributed by atoms with Crippen molar-refractivity contribution in [1.29, 1.82) is 0 Å². The number of alkyl halides is 1. The minimum atomic E-state index is -0.258.